The number of thiophene rings is 1. The van der Waals surface area contributed by atoms with Gasteiger partial charge in [0.2, 0.25) is 0 Å². The molecule has 0 amide bonds. The number of aryl methyl sites for hydroxylation is 1. The first kappa shape index (κ1) is 12.8. The van der Waals surface area contributed by atoms with Crippen LogP contribution >= 0.6 is 11.3 Å². The van der Waals surface area contributed by atoms with Gasteiger partial charge in [0.25, 0.3) is 10.0 Å². The molecule has 1 aliphatic rings. The lowest BCUT2D eigenvalue weighted by atomic mass is 10.2. The van der Waals surface area contributed by atoms with Gasteiger partial charge in [0.05, 0.1) is 12.2 Å². The molecule has 0 bridgehead atoms. The summed E-state index contributed by atoms with van der Waals surface area (Å²) < 4.78 is 27.0. The average Bonchev–Trinajstić information content (AvgIpc) is 3.05. The third-order valence-corrected chi connectivity index (χ3v) is 6.73. The molecule has 100 valence electrons. The molecule has 3 rings (SSSR count). The second-order valence-electron chi connectivity index (χ2n) is 4.46. The largest absolute Gasteiger partial charge is 0.260 e. The van der Waals surface area contributed by atoms with Gasteiger partial charge in [-0.05, 0) is 30.2 Å². The van der Waals surface area contributed by atoms with Crippen molar-refractivity contribution in [2.45, 2.75) is 30.6 Å². The molecule has 0 atom stereocenters. The van der Waals surface area contributed by atoms with E-state index in [1.165, 1.54) is 15.6 Å². The number of aromatic nitrogens is 1. The second kappa shape index (κ2) is 4.70. The number of hydrogen-bond acceptors (Lipinski definition) is 4. The van der Waals surface area contributed by atoms with Gasteiger partial charge in [-0.25, -0.2) is 8.42 Å². The first-order valence-corrected chi connectivity index (χ1v) is 8.38. The van der Waals surface area contributed by atoms with Crippen LogP contribution in [0.2, 0.25) is 0 Å². The van der Waals surface area contributed by atoms with Crippen LogP contribution in [0.25, 0.3) is 0 Å². The minimum Gasteiger partial charge on any atom is -0.260 e. The summed E-state index contributed by atoms with van der Waals surface area (Å²) in [6.07, 6.45) is 2.57. The molecule has 0 spiro atoms. The number of sulfonamides is 1. The minimum atomic E-state index is -3.38. The molecule has 6 heteroatoms. The zero-order valence-electron chi connectivity index (χ0n) is 10.5. The molecule has 0 N–H and O–H groups in total. The van der Waals surface area contributed by atoms with Gasteiger partial charge in [-0.3, -0.25) is 4.98 Å². The van der Waals surface area contributed by atoms with Gasteiger partial charge < -0.3 is 0 Å². The molecular formula is C13H14N2O2S2. The van der Waals surface area contributed by atoms with E-state index < -0.39 is 10.0 Å². The molecule has 0 unspecified atom stereocenters. The van der Waals surface area contributed by atoms with Crippen LogP contribution < -0.4 is 0 Å². The Morgan fingerprint density at radius 3 is 2.84 bits per heavy atom. The van der Waals surface area contributed by atoms with Gasteiger partial charge in [0.15, 0.2) is 0 Å². The summed E-state index contributed by atoms with van der Waals surface area (Å²) in [5.74, 6) is 0. The van der Waals surface area contributed by atoms with Crippen molar-refractivity contribution in [3.05, 3.63) is 46.6 Å². The standard InChI is InChI=1S/C13H14N2O2S2/c1-2-11-5-6-13(18-11)19(16,17)15-8-10-4-3-7-14-12(10)9-15/h3-7H,2,8-9H2,1H3. The zero-order valence-corrected chi connectivity index (χ0v) is 12.2. The van der Waals surface area contributed by atoms with Crippen LogP contribution in [0, 0.1) is 0 Å². The summed E-state index contributed by atoms with van der Waals surface area (Å²) in [4.78, 5) is 5.33. The maximum atomic E-state index is 12.5. The van der Waals surface area contributed by atoms with E-state index in [4.69, 9.17) is 0 Å². The first-order valence-electron chi connectivity index (χ1n) is 6.13. The van der Waals surface area contributed by atoms with E-state index in [9.17, 15) is 8.42 Å². The molecule has 4 nitrogen and oxygen atoms in total. The molecule has 19 heavy (non-hydrogen) atoms. The fraction of sp³-hybridized carbons (Fsp3) is 0.308. The maximum absolute atomic E-state index is 12.5. The van der Waals surface area contributed by atoms with Crippen molar-refractivity contribution >= 4 is 21.4 Å². The highest BCUT2D eigenvalue weighted by Crippen LogP contribution is 2.30. The van der Waals surface area contributed by atoms with Gasteiger partial charge in [0, 0.05) is 17.6 Å². The van der Waals surface area contributed by atoms with Gasteiger partial charge >= 0.3 is 0 Å². The summed E-state index contributed by atoms with van der Waals surface area (Å²) in [7, 11) is -3.38. The van der Waals surface area contributed by atoms with Crippen LogP contribution in [0.3, 0.4) is 0 Å². The molecule has 0 fully saturated rings. The minimum absolute atomic E-state index is 0.373. The van der Waals surface area contributed by atoms with Gasteiger partial charge in [-0.2, -0.15) is 4.31 Å². The van der Waals surface area contributed by atoms with Crippen molar-refractivity contribution in [1.29, 1.82) is 0 Å². The summed E-state index contributed by atoms with van der Waals surface area (Å²) in [6, 6.07) is 7.37. The van der Waals surface area contributed by atoms with Crippen molar-refractivity contribution < 1.29 is 8.42 Å². The third kappa shape index (κ3) is 2.20. The molecule has 3 heterocycles. The normalized spacial score (nSPS) is 15.6. The van der Waals surface area contributed by atoms with E-state index in [0.29, 0.717) is 17.3 Å². The Morgan fingerprint density at radius 2 is 2.16 bits per heavy atom. The monoisotopic (exact) mass is 294 g/mol. The van der Waals surface area contributed by atoms with Crippen LogP contribution in [-0.4, -0.2) is 17.7 Å². The van der Waals surface area contributed by atoms with E-state index in [1.54, 1.807) is 12.3 Å². The van der Waals surface area contributed by atoms with E-state index in [2.05, 4.69) is 4.98 Å². The van der Waals surface area contributed by atoms with Gasteiger partial charge in [0.1, 0.15) is 4.21 Å². The molecular weight excluding hydrogens is 280 g/mol. The third-order valence-electron chi connectivity index (χ3n) is 3.24. The van der Waals surface area contributed by atoms with Crippen molar-refractivity contribution in [3.63, 3.8) is 0 Å². The van der Waals surface area contributed by atoms with Gasteiger partial charge in [-0.1, -0.05) is 13.0 Å². The predicted molar refractivity (Wildman–Crippen MR) is 74.4 cm³/mol. The van der Waals surface area contributed by atoms with E-state index in [0.717, 1.165) is 22.6 Å². The summed E-state index contributed by atoms with van der Waals surface area (Å²) in [5, 5.41) is 0. The summed E-state index contributed by atoms with van der Waals surface area (Å²) >= 11 is 1.36. The number of rotatable bonds is 3. The van der Waals surface area contributed by atoms with Crippen molar-refractivity contribution in [3.8, 4) is 0 Å². The summed E-state index contributed by atoms with van der Waals surface area (Å²) in [6.45, 7) is 2.82. The fourth-order valence-corrected chi connectivity index (χ4v) is 4.98. The van der Waals surface area contributed by atoms with Crippen LogP contribution in [0.15, 0.2) is 34.7 Å². The quantitative estimate of drug-likeness (QED) is 0.873. The number of hydrogen-bond donors (Lipinski definition) is 0. The highest BCUT2D eigenvalue weighted by atomic mass is 32.2. The molecule has 2 aromatic rings. The lowest BCUT2D eigenvalue weighted by molar-refractivity contribution is 0.431. The van der Waals surface area contributed by atoms with Crippen LogP contribution in [0.5, 0.6) is 0 Å². The number of nitrogens with zero attached hydrogens (tertiary/aromatic N) is 2. The number of pyridine rings is 1. The van der Waals surface area contributed by atoms with Crippen molar-refractivity contribution in [2.24, 2.45) is 0 Å². The molecule has 2 aromatic heterocycles. The smallest absolute Gasteiger partial charge is 0.253 e. The number of fused-ring (bicyclic) bond motifs is 1. The SMILES string of the molecule is CCc1ccc(S(=O)(=O)N2Cc3cccnc3C2)s1. The second-order valence-corrected chi connectivity index (χ2v) is 7.79. The topological polar surface area (TPSA) is 50.3 Å². The van der Waals surface area contributed by atoms with Gasteiger partial charge in [-0.15, -0.1) is 11.3 Å². The molecule has 0 aromatic carbocycles. The molecule has 0 aliphatic carbocycles. The van der Waals surface area contributed by atoms with E-state index in [-0.39, 0.29) is 0 Å². The fourth-order valence-electron chi connectivity index (χ4n) is 2.15. The lowest BCUT2D eigenvalue weighted by Crippen LogP contribution is -2.24. The summed E-state index contributed by atoms with van der Waals surface area (Å²) in [5.41, 5.74) is 1.86. The Labute approximate surface area is 116 Å². The average molecular weight is 294 g/mol. The first-order chi connectivity index (χ1) is 9.11. The van der Waals surface area contributed by atoms with E-state index >= 15 is 0 Å². The van der Waals surface area contributed by atoms with Crippen LogP contribution in [0.1, 0.15) is 23.1 Å². The molecule has 0 radical (unpaired) electrons. The Hall–Kier alpha value is -1.24. The lowest BCUT2D eigenvalue weighted by Gasteiger charge is -2.13. The van der Waals surface area contributed by atoms with Crippen LogP contribution in [0.4, 0.5) is 0 Å². The Bertz CT molecular complexity index is 682. The van der Waals surface area contributed by atoms with Crippen LogP contribution in [-0.2, 0) is 29.5 Å². The highest BCUT2D eigenvalue weighted by molar-refractivity contribution is 7.91. The molecule has 1 aliphatic heterocycles. The van der Waals surface area contributed by atoms with E-state index in [1.807, 2.05) is 25.1 Å². The highest BCUT2D eigenvalue weighted by Gasteiger charge is 2.32. The Morgan fingerprint density at radius 1 is 1.32 bits per heavy atom. The van der Waals surface area contributed by atoms with Crippen molar-refractivity contribution in [1.82, 2.24) is 9.29 Å². The molecule has 0 saturated carbocycles. The Kier molecular flexibility index (Phi) is 3.16. The molecule has 0 saturated heterocycles. The Balaban J connectivity index is 1.91. The van der Waals surface area contributed by atoms with Crippen molar-refractivity contribution in [2.75, 3.05) is 0 Å². The predicted octanol–water partition coefficient (Wildman–Crippen LogP) is 2.41. The maximum Gasteiger partial charge on any atom is 0.253 e. The zero-order chi connectivity index (χ0) is 13.5.